The van der Waals surface area contributed by atoms with E-state index in [1.165, 1.54) is 6.07 Å². The van der Waals surface area contributed by atoms with E-state index >= 15 is 0 Å². The normalized spacial score (nSPS) is 20.2. The number of nitrogens with zero attached hydrogens (tertiary/aromatic N) is 1. The zero-order valence-electron chi connectivity index (χ0n) is 11.2. The lowest BCUT2D eigenvalue weighted by molar-refractivity contribution is 0.0672. The van der Waals surface area contributed by atoms with Crippen molar-refractivity contribution in [2.24, 2.45) is 0 Å². The summed E-state index contributed by atoms with van der Waals surface area (Å²) in [7, 11) is 0. The van der Waals surface area contributed by atoms with Crippen molar-refractivity contribution in [3.8, 4) is 0 Å². The molecule has 0 aromatic heterocycles. The standard InChI is InChI=1S/C15H19BrFNO/c1-2-11-7-4-3-5-10-18(11)15(19)14-12(16)8-6-9-13(14)17/h6,8-9,11H,2-5,7,10H2,1H3. The number of hydrogen-bond donors (Lipinski definition) is 0. The predicted molar refractivity (Wildman–Crippen MR) is 77.7 cm³/mol. The van der Waals surface area contributed by atoms with Crippen LogP contribution in [0.5, 0.6) is 0 Å². The average Bonchev–Trinajstić information content (AvgIpc) is 2.63. The number of carbonyl (C=O) groups is 1. The molecule has 1 unspecified atom stereocenters. The van der Waals surface area contributed by atoms with E-state index in [4.69, 9.17) is 0 Å². The van der Waals surface area contributed by atoms with Crippen LogP contribution in [0.4, 0.5) is 4.39 Å². The first-order valence-corrected chi connectivity index (χ1v) is 7.69. The Kier molecular flexibility index (Phi) is 4.97. The molecule has 4 heteroatoms. The number of likely N-dealkylation sites (tertiary alicyclic amines) is 1. The van der Waals surface area contributed by atoms with Gasteiger partial charge in [-0.2, -0.15) is 0 Å². The van der Waals surface area contributed by atoms with Gasteiger partial charge in [0.2, 0.25) is 0 Å². The molecule has 0 spiro atoms. The summed E-state index contributed by atoms with van der Waals surface area (Å²) in [6.07, 6.45) is 5.26. The van der Waals surface area contributed by atoms with Crippen LogP contribution < -0.4 is 0 Å². The third-order valence-electron chi connectivity index (χ3n) is 3.79. The van der Waals surface area contributed by atoms with E-state index in [-0.39, 0.29) is 17.5 Å². The summed E-state index contributed by atoms with van der Waals surface area (Å²) < 4.78 is 14.4. The Bertz CT molecular complexity index is 443. The van der Waals surface area contributed by atoms with Crippen LogP contribution in [-0.4, -0.2) is 23.4 Å². The zero-order chi connectivity index (χ0) is 13.8. The van der Waals surface area contributed by atoms with Crippen molar-refractivity contribution in [3.05, 3.63) is 34.1 Å². The number of halogens is 2. The number of rotatable bonds is 2. The van der Waals surface area contributed by atoms with Gasteiger partial charge in [-0.25, -0.2) is 4.39 Å². The van der Waals surface area contributed by atoms with Crippen LogP contribution in [0.2, 0.25) is 0 Å². The molecule has 2 nitrogen and oxygen atoms in total. The van der Waals surface area contributed by atoms with Crippen molar-refractivity contribution in [1.29, 1.82) is 0 Å². The molecule has 1 heterocycles. The molecule has 0 N–H and O–H groups in total. The fourth-order valence-corrected chi connectivity index (χ4v) is 3.23. The van der Waals surface area contributed by atoms with Gasteiger partial charge in [0.05, 0.1) is 5.56 Å². The van der Waals surface area contributed by atoms with Gasteiger partial charge in [-0.3, -0.25) is 4.79 Å². The van der Waals surface area contributed by atoms with Gasteiger partial charge < -0.3 is 4.90 Å². The first-order chi connectivity index (χ1) is 9.15. The van der Waals surface area contributed by atoms with Crippen LogP contribution in [-0.2, 0) is 0 Å². The highest BCUT2D eigenvalue weighted by Gasteiger charge is 2.27. The molecule has 1 atom stereocenters. The molecular formula is C15H19BrFNO. The quantitative estimate of drug-likeness (QED) is 0.789. The predicted octanol–water partition coefficient (Wildman–Crippen LogP) is 4.38. The molecule has 1 amide bonds. The topological polar surface area (TPSA) is 20.3 Å². The summed E-state index contributed by atoms with van der Waals surface area (Å²) in [5.74, 6) is -0.628. The Labute approximate surface area is 122 Å². The summed E-state index contributed by atoms with van der Waals surface area (Å²) in [5.41, 5.74) is 0.169. The van der Waals surface area contributed by atoms with Gasteiger partial charge in [0.25, 0.3) is 5.91 Å². The van der Waals surface area contributed by atoms with Crippen molar-refractivity contribution < 1.29 is 9.18 Å². The molecule has 1 saturated heterocycles. The molecule has 0 saturated carbocycles. The molecule has 1 aliphatic heterocycles. The third kappa shape index (κ3) is 3.16. The number of amides is 1. The van der Waals surface area contributed by atoms with E-state index < -0.39 is 5.82 Å². The van der Waals surface area contributed by atoms with Crippen LogP contribution in [0.25, 0.3) is 0 Å². The van der Waals surface area contributed by atoms with Crippen LogP contribution in [0.3, 0.4) is 0 Å². The smallest absolute Gasteiger partial charge is 0.258 e. The zero-order valence-corrected chi connectivity index (χ0v) is 12.7. The highest BCUT2D eigenvalue weighted by atomic mass is 79.9. The molecule has 1 aliphatic rings. The SMILES string of the molecule is CCC1CCCCCN1C(=O)c1c(F)cccc1Br. The average molecular weight is 328 g/mol. The highest BCUT2D eigenvalue weighted by Crippen LogP contribution is 2.26. The van der Waals surface area contributed by atoms with Crippen LogP contribution >= 0.6 is 15.9 Å². The van der Waals surface area contributed by atoms with Crippen molar-refractivity contribution in [1.82, 2.24) is 4.90 Å². The highest BCUT2D eigenvalue weighted by molar-refractivity contribution is 9.10. The van der Waals surface area contributed by atoms with E-state index in [0.717, 1.165) is 38.6 Å². The van der Waals surface area contributed by atoms with Gasteiger partial charge in [-0.05, 0) is 47.3 Å². The monoisotopic (exact) mass is 327 g/mol. The van der Waals surface area contributed by atoms with Gasteiger partial charge in [-0.1, -0.05) is 25.8 Å². The van der Waals surface area contributed by atoms with Crippen molar-refractivity contribution in [2.75, 3.05) is 6.54 Å². The number of carbonyl (C=O) groups excluding carboxylic acids is 1. The largest absolute Gasteiger partial charge is 0.336 e. The third-order valence-corrected chi connectivity index (χ3v) is 4.45. The minimum absolute atomic E-state index is 0.169. The fraction of sp³-hybridized carbons (Fsp3) is 0.533. The minimum Gasteiger partial charge on any atom is -0.336 e. The Morgan fingerprint density at radius 3 is 2.89 bits per heavy atom. The Morgan fingerprint density at radius 1 is 1.42 bits per heavy atom. The summed E-state index contributed by atoms with van der Waals surface area (Å²) in [5, 5.41) is 0. The lowest BCUT2D eigenvalue weighted by atomic mass is 10.1. The summed E-state index contributed by atoms with van der Waals surface area (Å²) in [4.78, 5) is 14.5. The lowest BCUT2D eigenvalue weighted by Crippen LogP contribution is -2.40. The molecule has 0 radical (unpaired) electrons. The van der Waals surface area contributed by atoms with Crippen molar-refractivity contribution in [3.63, 3.8) is 0 Å². The second-order valence-corrected chi connectivity index (χ2v) is 5.86. The molecule has 1 aromatic carbocycles. The van der Waals surface area contributed by atoms with Gasteiger partial charge >= 0.3 is 0 Å². The van der Waals surface area contributed by atoms with E-state index in [9.17, 15) is 9.18 Å². The second-order valence-electron chi connectivity index (χ2n) is 5.01. The molecule has 19 heavy (non-hydrogen) atoms. The maximum Gasteiger partial charge on any atom is 0.258 e. The molecule has 0 aliphatic carbocycles. The number of hydrogen-bond acceptors (Lipinski definition) is 1. The maximum atomic E-state index is 13.9. The molecule has 0 bridgehead atoms. The Balaban J connectivity index is 2.30. The molecular weight excluding hydrogens is 309 g/mol. The Morgan fingerprint density at radius 2 is 2.21 bits per heavy atom. The first kappa shape index (κ1) is 14.5. The van der Waals surface area contributed by atoms with E-state index in [2.05, 4.69) is 22.9 Å². The van der Waals surface area contributed by atoms with E-state index in [0.29, 0.717) is 4.47 Å². The summed E-state index contributed by atoms with van der Waals surface area (Å²) >= 11 is 3.29. The van der Waals surface area contributed by atoms with Crippen LogP contribution in [0, 0.1) is 5.82 Å². The second kappa shape index (κ2) is 6.51. The molecule has 1 fully saturated rings. The molecule has 1 aromatic rings. The fourth-order valence-electron chi connectivity index (χ4n) is 2.71. The summed E-state index contributed by atoms with van der Waals surface area (Å²) in [6, 6.07) is 4.91. The lowest BCUT2D eigenvalue weighted by Gasteiger charge is -2.29. The maximum absolute atomic E-state index is 13.9. The van der Waals surface area contributed by atoms with Crippen LogP contribution in [0.1, 0.15) is 49.4 Å². The molecule has 2 rings (SSSR count). The number of benzene rings is 1. The van der Waals surface area contributed by atoms with Gasteiger partial charge in [0.15, 0.2) is 0 Å². The first-order valence-electron chi connectivity index (χ1n) is 6.90. The van der Waals surface area contributed by atoms with Gasteiger partial charge in [-0.15, -0.1) is 0 Å². The summed E-state index contributed by atoms with van der Waals surface area (Å²) in [6.45, 7) is 2.82. The van der Waals surface area contributed by atoms with Crippen LogP contribution in [0.15, 0.2) is 22.7 Å². The minimum atomic E-state index is -0.446. The Hall–Kier alpha value is -0.900. The van der Waals surface area contributed by atoms with Gasteiger partial charge in [0.1, 0.15) is 5.82 Å². The van der Waals surface area contributed by atoms with Gasteiger partial charge in [0, 0.05) is 17.1 Å². The van der Waals surface area contributed by atoms with E-state index in [1.807, 2.05) is 4.90 Å². The molecule has 104 valence electrons. The van der Waals surface area contributed by atoms with E-state index in [1.54, 1.807) is 12.1 Å². The van der Waals surface area contributed by atoms with Crippen molar-refractivity contribution >= 4 is 21.8 Å². The van der Waals surface area contributed by atoms with Crippen molar-refractivity contribution in [2.45, 2.75) is 45.1 Å².